The van der Waals surface area contributed by atoms with Crippen LogP contribution >= 0.6 is 15.9 Å². The van der Waals surface area contributed by atoms with Crippen molar-refractivity contribution in [1.29, 1.82) is 0 Å². The summed E-state index contributed by atoms with van der Waals surface area (Å²) in [6.07, 6.45) is 1.04. The first-order valence-corrected chi connectivity index (χ1v) is 6.77. The molecule has 0 unspecified atom stereocenters. The van der Waals surface area contributed by atoms with E-state index in [9.17, 15) is 4.79 Å². The molecule has 0 aromatic heterocycles. The number of carbonyl (C=O) groups excluding carboxylic acids is 1. The van der Waals surface area contributed by atoms with E-state index in [-0.39, 0.29) is 5.91 Å². The fourth-order valence-electron chi connectivity index (χ4n) is 2.21. The van der Waals surface area contributed by atoms with Crippen molar-refractivity contribution < 1.29 is 9.53 Å². The van der Waals surface area contributed by atoms with E-state index in [0.717, 1.165) is 29.7 Å². The minimum atomic E-state index is 0.0165. The quantitative estimate of drug-likeness (QED) is 0.924. The van der Waals surface area contributed by atoms with Crippen molar-refractivity contribution in [2.24, 2.45) is 0 Å². The number of halogens is 1. The smallest absolute Gasteiger partial charge is 0.216 e. The van der Waals surface area contributed by atoms with Gasteiger partial charge in [0.1, 0.15) is 5.75 Å². The fourth-order valence-corrected chi connectivity index (χ4v) is 2.76. The molecule has 98 valence electrons. The SMILES string of the molecule is COc1cc2c(cc1Br)CCN2CCNC(C)=O. The van der Waals surface area contributed by atoms with Crippen LogP contribution in [0.25, 0.3) is 0 Å². The van der Waals surface area contributed by atoms with Crippen molar-refractivity contribution in [3.63, 3.8) is 0 Å². The highest BCUT2D eigenvalue weighted by Crippen LogP contribution is 2.36. The second-order valence-corrected chi connectivity index (χ2v) is 5.19. The van der Waals surface area contributed by atoms with Crippen LogP contribution < -0.4 is 15.0 Å². The normalized spacial score (nSPS) is 13.4. The molecule has 18 heavy (non-hydrogen) atoms. The van der Waals surface area contributed by atoms with E-state index in [4.69, 9.17) is 4.74 Å². The van der Waals surface area contributed by atoms with E-state index in [1.54, 1.807) is 7.11 Å². The van der Waals surface area contributed by atoms with Gasteiger partial charge in [0.25, 0.3) is 0 Å². The molecule has 0 atom stereocenters. The molecule has 0 radical (unpaired) electrons. The number of carbonyl (C=O) groups is 1. The third-order valence-electron chi connectivity index (χ3n) is 3.10. The molecule has 5 heteroatoms. The molecule has 2 rings (SSSR count). The van der Waals surface area contributed by atoms with Crippen molar-refractivity contribution in [3.05, 3.63) is 22.2 Å². The van der Waals surface area contributed by atoms with E-state index >= 15 is 0 Å². The summed E-state index contributed by atoms with van der Waals surface area (Å²) >= 11 is 3.50. The van der Waals surface area contributed by atoms with E-state index in [0.29, 0.717) is 6.54 Å². The van der Waals surface area contributed by atoms with Gasteiger partial charge in [-0.2, -0.15) is 0 Å². The fraction of sp³-hybridized carbons (Fsp3) is 0.462. The molecule has 1 aliphatic heterocycles. The highest BCUT2D eigenvalue weighted by Gasteiger charge is 2.20. The molecule has 1 aromatic carbocycles. The molecule has 0 spiro atoms. The monoisotopic (exact) mass is 312 g/mol. The molecule has 0 bridgehead atoms. The number of nitrogens with zero attached hydrogens (tertiary/aromatic N) is 1. The number of hydrogen-bond donors (Lipinski definition) is 1. The number of hydrogen-bond acceptors (Lipinski definition) is 3. The van der Waals surface area contributed by atoms with Gasteiger partial charge in [-0.3, -0.25) is 4.79 Å². The Morgan fingerprint density at radius 2 is 2.33 bits per heavy atom. The number of benzene rings is 1. The van der Waals surface area contributed by atoms with Crippen molar-refractivity contribution in [2.45, 2.75) is 13.3 Å². The first-order chi connectivity index (χ1) is 8.61. The first-order valence-electron chi connectivity index (χ1n) is 5.97. The maximum absolute atomic E-state index is 10.9. The molecule has 1 aromatic rings. The molecule has 1 heterocycles. The standard InChI is InChI=1S/C13H17BrN2O2/c1-9(17)15-4-6-16-5-3-10-7-11(14)13(18-2)8-12(10)16/h7-8H,3-6H2,1-2H3,(H,15,17). The van der Waals surface area contributed by atoms with Crippen LogP contribution in [0.2, 0.25) is 0 Å². The van der Waals surface area contributed by atoms with Gasteiger partial charge in [-0.1, -0.05) is 0 Å². The van der Waals surface area contributed by atoms with Gasteiger partial charge >= 0.3 is 0 Å². The molecule has 4 nitrogen and oxygen atoms in total. The van der Waals surface area contributed by atoms with Gasteiger partial charge in [-0.05, 0) is 34.0 Å². The Hall–Kier alpha value is -1.23. The Balaban J connectivity index is 2.09. The number of fused-ring (bicyclic) bond motifs is 1. The summed E-state index contributed by atoms with van der Waals surface area (Å²) in [5.74, 6) is 0.864. The molecular formula is C13H17BrN2O2. The topological polar surface area (TPSA) is 41.6 Å². The Kier molecular flexibility index (Phi) is 4.11. The van der Waals surface area contributed by atoms with Crippen molar-refractivity contribution >= 4 is 27.5 Å². The number of nitrogens with one attached hydrogen (secondary N) is 1. The summed E-state index contributed by atoms with van der Waals surface area (Å²) in [6, 6.07) is 4.17. The largest absolute Gasteiger partial charge is 0.495 e. The Labute approximate surface area is 115 Å². The Bertz CT molecular complexity index is 463. The van der Waals surface area contributed by atoms with Gasteiger partial charge in [-0.15, -0.1) is 0 Å². The molecule has 1 aliphatic rings. The average molecular weight is 313 g/mol. The van der Waals surface area contributed by atoms with Crippen molar-refractivity contribution in [2.75, 3.05) is 31.6 Å². The zero-order chi connectivity index (χ0) is 13.1. The first kappa shape index (κ1) is 13.2. The number of ether oxygens (including phenoxy) is 1. The van der Waals surface area contributed by atoms with Gasteiger partial charge in [0.05, 0.1) is 11.6 Å². The van der Waals surface area contributed by atoms with Crippen LogP contribution in [-0.2, 0) is 11.2 Å². The van der Waals surface area contributed by atoms with Crippen molar-refractivity contribution in [1.82, 2.24) is 5.32 Å². The highest BCUT2D eigenvalue weighted by molar-refractivity contribution is 9.10. The highest BCUT2D eigenvalue weighted by atomic mass is 79.9. The second-order valence-electron chi connectivity index (χ2n) is 4.34. The van der Waals surface area contributed by atoms with Gasteiger partial charge in [0.2, 0.25) is 5.91 Å². The summed E-state index contributed by atoms with van der Waals surface area (Å²) in [5, 5.41) is 2.82. The van der Waals surface area contributed by atoms with Crippen LogP contribution in [0, 0.1) is 0 Å². The van der Waals surface area contributed by atoms with Gasteiger partial charge in [-0.25, -0.2) is 0 Å². The second kappa shape index (κ2) is 5.61. The van der Waals surface area contributed by atoms with Crippen LogP contribution in [0.3, 0.4) is 0 Å². The van der Waals surface area contributed by atoms with Crippen LogP contribution in [0.4, 0.5) is 5.69 Å². The number of anilines is 1. The third kappa shape index (κ3) is 2.77. The zero-order valence-electron chi connectivity index (χ0n) is 10.6. The molecule has 1 N–H and O–H groups in total. The summed E-state index contributed by atoms with van der Waals surface area (Å²) in [4.78, 5) is 13.1. The lowest BCUT2D eigenvalue weighted by atomic mass is 10.1. The minimum absolute atomic E-state index is 0.0165. The lowest BCUT2D eigenvalue weighted by Gasteiger charge is -2.20. The summed E-state index contributed by atoms with van der Waals surface area (Å²) in [5.41, 5.74) is 2.53. The van der Waals surface area contributed by atoms with Crippen LogP contribution in [-0.4, -0.2) is 32.7 Å². The Morgan fingerprint density at radius 3 is 3.00 bits per heavy atom. The zero-order valence-corrected chi connectivity index (χ0v) is 12.2. The maximum Gasteiger partial charge on any atom is 0.216 e. The van der Waals surface area contributed by atoms with Crippen LogP contribution in [0.5, 0.6) is 5.75 Å². The van der Waals surface area contributed by atoms with Gasteiger partial charge in [0.15, 0.2) is 0 Å². The van der Waals surface area contributed by atoms with Crippen LogP contribution in [0.1, 0.15) is 12.5 Å². The number of methoxy groups -OCH3 is 1. The van der Waals surface area contributed by atoms with Crippen LogP contribution in [0.15, 0.2) is 16.6 Å². The molecule has 1 amide bonds. The van der Waals surface area contributed by atoms with E-state index in [1.165, 1.54) is 18.2 Å². The molecular weight excluding hydrogens is 296 g/mol. The molecule has 0 aliphatic carbocycles. The third-order valence-corrected chi connectivity index (χ3v) is 3.72. The lowest BCUT2D eigenvalue weighted by Crippen LogP contribution is -2.32. The Morgan fingerprint density at radius 1 is 1.56 bits per heavy atom. The van der Waals surface area contributed by atoms with Crippen molar-refractivity contribution in [3.8, 4) is 5.75 Å². The predicted molar refractivity (Wildman–Crippen MR) is 75.3 cm³/mol. The van der Waals surface area contributed by atoms with E-state index < -0.39 is 0 Å². The van der Waals surface area contributed by atoms with Gasteiger partial charge < -0.3 is 15.0 Å². The maximum atomic E-state index is 10.9. The molecule has 0 fully saturated rings. The summed E-state index contributed by atoms with van der Waals surface area (Å²) in [6.45, 7) is 4.04. The lowest BCUT2D eigenvalue weighted by molar-refractivity contribution is -0.118. The molecule has 0 saturated heterocycles. The summed E-state index contributed by atoms with van der Waals surface area (Å²) in [7, 11) is 1.67. The average Bonchev–Trinajstić information content (AvgIpc) is 2.70. The molecule has 0 saturated carbocycles. The predicted octanol–water partition coefficient (Wildman–Crippen LogP) is 1.96. The number of rotatable bonds is 4. The number of amides is 1. The summed E-state index contributed by atoms with van der Waals surface area (Å²) < 4.78 is 6.31. The van der Waals surface area contributed by atoms with E-state index in [2.05, 4.69) is 38.3 Å². The van der Waals surface area contributed by atoms with E-state index in [1.807, 2.05) is 0 Å². The minimum Gasteiger partial charge on any atom is -0.495 e. The van der Waals surface area contributed by atoms with Gasteiger partial charge in [0, 0.05) is 38.3 Å².